The first-order chi connectivity index (χ1) is 15.5. The van der Waals surface area contributed by atoms with E-state index in [1.807, 2.05) is 24.3 Å². The molecule has 0 atom stereocenters. The molecule has 1 aliphatic rings. The molecule has 32 heavy (non-hydrogen) atoms. The van der Waals surface area contributed by atoms with Gasteiger partial charge in [-0.1, -0.05) is 25.5 Å². The summed E-state index contributed by atoms with van der Waals surface area (Å²) in [4.78, 5) is 13.0. The molecule has 0 spiro atoms. The first-order valence-electron chi connectivity index (χ1n) is 10.7. The lowest BCUT2D eigenvalue weighted by Gasteiger charge is -2.26. The molecule has 1 fully saturated rings. The van der Waals surface area contributed by atoms with Crippen LogP contribution < -0.4 is 14.8 Å². The molecule has 0 saturated carbocycles. The summed E-state index contributed by atoms with van der Waals surface area (Å²) in [7, 11) is -2.28. The van der Waals surface area contributed by atoms with Crippen molar-refractivity contribution in [2.75, 3.05) is 40.0 Å². The molecule has 0 radical (unpaired) electrons. The largest absolute Gasteiger partial charge is 0.496 e. The van der Waals surface area contributed by atoms with Gasteiger partial charge in [0.25, 0.3) is 5.91 Å². The lowest BCUT2D eigenvalue weighted by molar-refractivity contribution is 0.0730. The summed E-state index contributed by atoms with van der Waals surface area (Å²) in [5, 5.41) is 2.84. The summed E-state index contributed by atoms with van der Waals surface area (Å²) in [5.41, 5.74) is 1.04. The Morgan fingerprint density at radius 1 is 1.16 bits per heavy atom. The van der Waals surface area contributed by atoms with E-state index >= 15 is 0 Å². The average Bonchev–Trinajstić information content (AvgIpc) is 2.83. The molecule has 9 heteroatoms. The lowest BCUT2D eigenvalue weighted by atomic mass is 10.1. The zero-order valence-corrected chi connectivity index (χ0v) is 19.3. The molecule has 0 aliphatic carbocycles. The fourth-order valence-electron chi connectivity index (χ4n) is 3.32. The van der Waals surface area contributed by atoms with E-state index in [1.54, 1.807) is 0 Å². The molecule has 1 heterocycles. The van der Waals surface area contributed by atoms with Gasteiger partial charge in [0.15, 0.2) is 0 Å². The standard InChI is InChI=1S/C23H30N2O6S/c1-3-4-12-31-19-7-5-6-18(15-19)17-24-23(26)21-16-20(8-9-22(21)29-2)32(27,28)25-10-13-30-14-11-25/h5-9,15-16H,3-4,10-14,17H2,1-2H3,(H,24,26). The molecule has 1 saturated heterocycles. The van der Waals surface area contributed by atoms with Gasteiger partial charge < -0.3 is 19.5 Å². The van der Waals surface area contributed by atoms with Crippen LogP contribution in [-0.4, -0.2) is 58.7 Å². The number of unbranched alkanes of at least 4 members (excludes halogenated alkanes) is 1. The number of nitrogens with zero attached hydrogens (tertiary/aromatic N) is 1. The second kappa shape index (κ2) is 11.3. The Bertz CT molecular complexity index is 1020. The Balaban J connectivity index is 1.73. The zero-order valence-electron chi connectivity index (χ0n) is 18.5. The maximum absolute atomic E-state index is 13.0. The topological polar surface area (TPSA) is 94.2 Å². The van der Waals surface area contributed by atoms with Crippen molar-refractivity contribution in [1.82, 2.24) is 9.62 Å². The normalized spacial score (nSPS) is 14.7. The number of nitrogens with one attached hydrogen (secondary N) is 1. The summed E-state index contributed by atoms with van der Waals surface area (Å²) in [6.45, 7) is 4.29. The van der Waals surface area contributed by atoms with Crippen molar-refractivity contribution in [2.24, 2.45) is 0 Å². The SMILES string of the molecule is CCCCOc1cccc(CNC(=O)c2cc(S(=O)(=O)N3CCOCC3)ccc2OC)c1. The zero-order chi connectivity index (χ0) is 23.0. The van der Waals surface area contributed by atoms with E-state index < -0.39 is 15.9 Å². The van der Waals surface area contributed by atoms with Gasteiger partial charge in [-0.3, -0.25) is 4.79 Å². The predicted molar refractivity (Wildman–Crippen MR) is 121 cm³/mol. The van der Waals surface area contributed by atoms with E-state index in [4.69, 9.17) is 14.2 Å². The Labute approximate surface area is 189 Å². The van der Waals surface area contributed by atoms with Gasteiger partial charge in [0.1, 0.15) is 11.5 Å². The monoisotopic (exact) mass is 462 g/mol. The molecule has 0 bridgehead atoms. The first-order valence-corrected chi connectivity index (χ1v) is 12.2. The summed E-state index contributed by atoms with van der Waals surface area (Å²) in [5.74, 6) is 0.639. The second-order valence-electron chi connectivity index (χ2n) is 7.41. The van der Waals surface area contributed by atoms with Crippen LogP contribution in [0.3, 0.4) is 0 Å². The van der Waals surface area contributed by atoms with Gasteiger partial charge in [0.2, 0.25) is 10.0 Å². The summed E-state index contributed by atoms with van der Waals surface area (Å²) in [6, 6.07) is 11.9. The van der Waals surface area contributed by atoms with Crippen LogP contribution in [0.1, 0.15) is 35.7 Å². The summed E-state index contributed by atoms with van der Waals surface area (Å²) in [6.07, 6.45) is 2.03. The highest BCUT2D eigenvalue weighted by Gasteiger charge is 2.28. The molecular formula is C23H30N2O6S. The van der Waals surface area contributed by atoms with Gasteiger partial charge in [-0.2, -0.15) is 4.31 Å². The molecule has 3 rings (SSSR count). The predicted octanol–water partition coefficient (Wildman–Crippen LogP) is 2.83. The maximum atomic E-state index is 13.0. The number of methoxy groups -OCH3 is 1. The van der Waals surface area contributed by atoms with Crippen molar-refractivity contribution >= 4 is 15.9 Å². The van der Waals surface area contributed by atoms with E-state index in [2.05, 4.69) is 12.2 Å². The summed E-state index contributed by atoms with van der Waals surface area (Å²) >= 11 is 0. The van der Waals surface area contributed by atoms with Crippen LogP contribution in [0.25, 0.3) is 0 Å². The highest BCUT2D eigenvalue weighted by Crippen LogP contribution is 2.25. The molecule has 1 amide bonds. The van der Waals surface area contributed by atoms with Crippen LogP contribution in [0, 0.1) is 0 Å². The van der Waals surface area contributed by atoms with E-state index in [0.717, 1.165) is 24.2 Å². The number of rotatable bonds is 10. The van der Waals surface area contributed by atoms with Gasteiger partial charge in [-0.25, -0.2) is 8.42 Å². The van der Waals surface area contributed by atoms with Crippen LogP contribution in [0.5, 0.6) is 11.5 Å². The number of carbonyl (C=O) groups is 1. The molecule has 0 unspecified atom stereocenters. The fourth-order valence-corrected chi connectivity index (χ4v) is 4.75. The third-order valence-electron chi connectivity index (χ3n) is 5.14. The van der Waals surface area contributed by atoms with Crippen molar-refractivity contribution in [3.05, 3.63) is 53.6 Å². The van der Waals surface area contributed by atoms with Crippen molar-refractivity contribution in [3.63, 3.8) is 0 Å². The highest BCUT2D eigenvalue weighted by molar-refractivity contribution is 7.89. The Hall–Kier alpha value is -2.62. The van der Waals surface area contributed by atoms with Gasteiger partial charge in [-0.05, 0) is 42.3 Å². The van der Waals surface area contributed by atoms with Crippen LogP contribution in [0.2, 0.25) is 0 Å². The van der Waals surface area contributed by atoms with Crippen LogP contribution in [0.15, 0.2) is 47.4 Å². The van der Waals surface area contributed by atoms with Crippen molar-refractivity contribution in [3.8, 4) is 11.5 Å². The number of morpholine rings is 1. The lowest BCUT2D eigenvalue weighted by Crippen LogP contribution is -2.40. The molecule has 1 aliphatic heterocycles. The van der Waals surface area contributed by atoms with E-state index in [1.165, 1.54) is 29.6 Å². The van der Waals surface area contributed by atoms with E-state index in [0.29, 0.717) is 25.6 Å². The van der Waals surface area contributed by atoms with Gasteiger partial charge in [0, 0.05) is 19.6 Å². The molecule has 2 aromatic carbocycles. The molecule has 2 aromatic rings. The first kappa shape index (κ1) is 24.0. The van der Waals surface area contributed by atoms with Crippen molar-refractivity contribution in [1.29, 1.82) is 0 Å². The Kier molecular flexibility index (Phi) is 8.49. The third-order valence-corrected chi connectivity index (χ3v) is 7.04. The number of amides is 1. The molecule has 8 nitrogen and oxygen atoms in total. The van der Waals surface area contributed by atoms with E-state index in [-0.39, 0.29) is 30.1 Å². The average molecular weight is 463 g/mol. The smallest absolute Gasteiger partial charge is 0.255 e. The van der Waals surface area contributed by atoms with Crippen molar-refractivity contribution in [2.45, 2.75) is 31.2 Å². The maximum Gasteiger partial charge on any atom is 0.255 e. The minimum Gasteiger partial charge on any atom is -0.496 e. The number of hydrogen-bond acceptors (Lipinski definition) is 6. The molecule has 0 aromatic heterocycles. The quantitative estimate of drug-likeness (QED) is 0.546. The number of ether oxygens (including phenoxy) is 3. The molecule has 174 valence electrons. The molecule has 1 N–H and O–H groups in total. The highest BCUT2D eigenvalue weighted by atomic mass is 32.2. The van der Waals surface area contributed by atoms with Crippen molar-refractivity contribution < 1.29 is 27.4 Å². The Morgan fingerprint density at radius 2 is 1.94 bits per heavy atom. The number of carbonyl (C=O) groups excluding carboxylic acids is 1. The minimum absolute atomic E-state index is 0.0525. The van der Waals surface area contributed by atoms with Gasteiger partial charge >= 0.3 is 0 Å². The second-order valence-corrected chi connectivity index (χ2v) is 9.35. The number of benzene rings is 2. The Morgan fingerprint density at radius 3 is 2.66 bits per heavy atom. The van der Waals surface area contributed by atoms with Crippen LogP contribution in [0.4, 0.5) is 0 Å². The van der Waals surface area contributed by atoms with Gasteiger partial charge in [0.05, 0.1) is 37.4 Å². The third kappa shape index (κ3) is 5.99. The number of sulfonamides is 1. The van der Waals surface area contributed by atoms with Gasteiger partial charge in [-0.15, -0.1) is 0 Å². The van der Waals surface area contributed by atoms with E-state index in [9.17, 15) is 13.2 Å². The van der Waals surface area contributed by atoms with Crippen LogP contribution in [-0.2, 0) is 21.3 Å². The minimum atomic E-state index is -3.73. The molecular weight excluding hydrogens is 432 g/mol. The fraction of sp³-hybridized carbons (Fsp3) is 0.435. The summed E-state index contributed by atoms with van der Waals surface area (Å²) < 4.78 is 43.6. The van der Waals surface area contributed by atoms with Crippen LogP contribution >= 0.6 is 0 Å². The number of hydrogen-bond donors (Lipinski definition) is 1.